The lowest BCUT2D eigenvalue weighted by Gasteiger charge is -1.91. The summed E-state index contributed by atoms with van der Waals surface area (Å²) in [4.78, 5) is 20.6. The summed E-state index contributed by atoms with van der Waals surface area (Å²) in [5, 5.41) is 19.1. The molecule has 0 spiro atoms. The van der Waals surface area contributed by atoms with Gasteiger partial charge in [0.15, 0.2) is 0 Å². The third kappa shape index (κ3) is 17.9. The second-order valence-corrected chi connectivity index (χ2v) is 5.77. The number of nitrogens with zero attached hydrogens (tertiary/aromatic N) is 1. The van der Waals surface area contributed by atoms with Crippen LogP contribution in [-0.2, 0) is 4.79 Å². The molecule has 0 radical (unpaired) electrons. The van der Waals surface area contributed by atoms with Gasteiger partial charge in [-0.05, 0) is 44.6 Å². The largest absolute Gasteiger partial charge is 0.481 e. The van der Waals surface area contributed by atoms with E-state index in [1.807, 2.05) is 24.3 Å². The Morgan fingerprint density at radius 1 is 0.815 bits per heavy atom. The number of carboxylic acid groups (broad SMARTS) is 1. The van der Waals surface area contributed by atoms with Crippen LogP contribution in [0.15, 0.2) is 72.5 Å². The number of carboxylic acids is 1. The first kappa shape index (κ1) is 24.3. The van der Waals surface area contributed by atoms with E-state index in [4.69, 9.17) is 5.11 Å². The highest BCUT2D eigenvalue weighted by Crippen LogP contribution is 2.03. The molecule has 0 rings (SSSR count). The summed E-state index contributed by atoms with van der Waals surface area (Å²) in [7, 11) is 0. The Hall–Kier alpha value is -2.69. The van der Waals surface area contributed by atoms with Crippen LogP contribution in [0.5, 0.6) is 0 Å². The Labute approximate surface area is 162 Å². The van der Waals surface area contributed by atoms with Crippen molar-refractivity contribution >= 4 is 5.97 Å². The number of hydrogen-bond donors (Lipinski definition) is 1. The standard InChI is InChI=1S/C22H31NO4/c1-2-21(23(26)27)19-17-15-13-11-9-7-5-3-4-6-8-10-12-14-16-18-20-22(24)25/h3-4,7-10,13-16,19H,2,5-6,11-12,17-18,20H2,1H3,(H,24,25). The minimum absolute atomic E-state index is 0.185. The van der Waals surface area contributed by atoms with Crippen LogP contribution >= 0.6 is 0 Å². The summed E-state index contributed by atoms with van der Waals surface area (Å²) >= 11 is 0. The highest BCUT2D eigenvalue weighted by atomic mass is 16.6. The summed E-state index contributed by atoms with van der Waals surface area (Å²) in [6.07, 6.45) is 27.3. The highest BCUT2D eigenvalue weighted by molar-refractivity contribution is 5.66. The number of nitro groups is 1. The molecule has 0 unspecified atom stereocenters. The molecule has 5 nitrogen and oxygen atoms in total. The van der Waals surface area contributed by atoms with Crippen LogP contribution in [0.2, 0.25) is 0 Å². The summed E-state index contributed by atoms with van der Waals surface area (Å²) in [6, 6.07) is 0. The first-order valence-corrected chi connectivity index (χ1v) is 9.38. The van der Waals surface area contributed by atoms with Gasteiger partial charge in [0.2, 0.25) is 5.70 Å². The number of allylic oxidation sites excluding steroid dienone is 12. The van der Waals surface area contributed by atoms with Gasteiger partial charge in [-0.1, -0.05) is 67.7 Å². The zero-order valence-corrected chi connectivity index (χ0v) is 16.1. The van der Waals surface area contributed by atoms with E-state index < -0.39 is 5.97 Å². The Kier molecular flexibility index (Phi) is 16.3. The zero-order chi connectivity index (χ0) is 20.2. The molecule has 0 aromatic carbocycles. The molecule has 0 aliphatic rings. The van der Waals surface area contributed by atoms with Gasteiger partial charge in [0.1, 0.15) is 0 Å². The van der Waals surface area contributed by atoms with Crippen molar-refractivity contribution in [3.05, 3.63) is 82.6 Å². The Morgan fingerprint density at radius 3 is 1.59 bits per heavy atom. The molecule has 0 aromatic rings. The predicted molar refractivity (Wildman–Crippen MR) is 111 cm³/mol. The monoisotopic (exact) mass is 373 g/mol. The van der Waals surface area contributed by atoms with Crippen molar-refractivity contribution in [3.63, 3.8) is 0 Å². The second-order valence-electron chi connectivity index (χ2n) is 5.77. The maximum absolute atomic E-state index is 10.6. The van der Waals surface area contributed by atoms with Crippen LogP contribution < -0.4 is 0 Å². The van der Waals surface area contributed by atoms with Crippen LogP contribution in [0, 0.1) is 10.1 Å². The first-order chi connectivity index (χ1) is 13.1. The molecule has 1 N–H and O–H groups in total. The Balaban J connectivity index is 3.70. The molecule has 0 saturated carbocycles. The van der Waals surface area contributed by atoms with E-state index in [9.17, 15) is 14.9 Å². The van der Waals surface area contributed by atoms with E-state index in [1.165, 1.54) is 0 Å². The van der Waals surface area contributed by atoms with Crippen LogP contribution in [0.4, 0.5) is 0 Å². The quantitative estimate of drug-likeness (QED) is 0.212. The van der Waals surface area contributed by atoms with E-state index in [1.54, 1.807) is 13.0 Å². The van der Waals surface area contributed by atoms with E-state index in [0.717, 1.165) is 25.7 Å². The molecule has 0 atom stereocenters. The topological polar surface area (TPSA) is 80.4 Å². The van der Waals surface area contributed by atoms with Crippen LogP contribution in [0.1, 0.15) is 58.3 Å². The fourth-order valence-corrected chi connectivity index (χ4v) is 2.06. The van der Waals surface area contributed by atoms with Gasteiger partial charge in [-0.15, -0.1) is 0 Å². The minimum atomic E-state index is -0.763. The molecular weight excluding hydrogens is 342 g/mol. The molecule has 0 aliphatic carbocycles. The lowest BCUT2D eigenvalue weighted by molar-refractivity contribution is -0.427. The van der Waals surface area contributed by atoms with Gasteiger partial charge in [0.25, 0.3) is 0 Å². The maximum Gasteiger partial charge on any atom is 0.303 e. The highest BCUT2D eigenvalue weighted by Gasteiger charge is 2.04. The summed E-state index contributed by atoms with van der Waals surface area (Å²) in [5.74, 6) is -0.763. The molecule has 5 heteroatoms. The molecule has 0 heterocycles. The average molecular weight is 373 g/mol. The fraction of sp³-hybridized carbons (Fsp3) is 0.409. The van der Waals surface area contributed by atoms with E-state index in [-0.39, 0.29) is 17.0 Å². The average Bonchev–Trinajstić information content (AvgIpc) is 2.63. The van der Waals surface area contributed by atoms with Crippen molar-refractivity contribution in [2.24, 2.45) is 0 Å². The zero-order valence-electron chi connectivity index (χ0n) is 16.1. The molecular formula is C22H31NO4. The molecule has 0 saturated heterocycles. The summed E-state index contributed by atoms with van der Waals surface area (Å²) in [5.41, 5.74) is 0.267. The summed E-state index contributed by atoms with van der Waals surface area (Å²) < 4.78 is 0. The normalized spacial score (nSPS) is 13.1. The van der Waals surface area contributed by atoms with Gasteiger partial charge in [0, 0.05) is 12.8 Å². The van der Waals surface area contributed by atoms with Crippen LogP contribution in [0.25, 0.3) is 0 Å². The fourth-order valence-electron chi connectivity index (χ4n) is 2.06. The van der Waals surface area contributed by atoms with E-state index in [0.29, 0.717) is 19.3 Å². The van der Waals surface area contributed by atoms with Crippen molar-refractivity contribution in [1.29, 1.82) is 0 Å². The molecule has 0 amide bonds. The Morgan fingerprint density at radius 2 is 1.22 bits per heavy atom. The van der Waals surface area contributed by atoms with E-state index in [2.05, 4.69) is 36.5 Å². The number of carbonyl (C=O) groups is 1. The van der Waals surface area contributed by atoms with Crippen molar-refractivity contribution in [3.8, 4) is 0 Å². The molecule has 148 valence electrons. The van der Waals surface area contributed by atoms with Gasteiger partial charge < -0.3 is 5.11 Å². The molecule has 27 heavy (non-hydrogen) atoms. The van der Waals surface area contributed by atoms with Crippen molar-refractivity contribution < 1.29 is 14.8 Å². The number of aliphatic carboxylic acids is 1. The third-order valence-corrected chi connectivity index (χ3v) is 3.53. The lowest BCUT2D eigenvalue weighted by Crippen LogP contribution is -1.96. The third-order valence-electron chi connectivity index (χ3n) is 3.53. The molecule has 0 bridgehead atoms. The van der Waals surface area contributed by atoms with Crippen molar-refractivity contribution in [2.45, 2.75) is 58.3 Å². The molecule has 0 fully saturated rings. The lowest BCUT2D eigenvalue weighted by atomic mass is 10.2. The van der Waals surface area contributed by atoms with Crippen molar-refractivity contribution in [2.75, 3.05) is 0 Å². The van der Waals surface area contributed by atoms with Gasteiger partial charge in [-0.25, -0.2) is 0 Å². The summed E-state index contributed by atoms with van der Waals surface area (Å²) in [6.45, 7) is 1.78. The molecule has 0 aromatic heterocycles. The second kappa shape index (κ2) is 18.1. The Bertz CT molecular complexity index is 595. The first-order valence-electron chi connectivity index (χ1n) is 9.38. The van der Waals surface area contributed by atoms with Gasteiger partial charge in [0.05, 0.1) is 4.92 Å². The number of rotatable bonds is 15. The van der Waals surface area contributed by atoms with Crippen LogP contribution in [0.3, 0.4) is 0 Å². The van der Waals surface area contributed by atoms with E-state index >= 15 is 0 Å². The van der Waals surface area contributed by atoms with Gasteiger partial charge >= 0.3 is 5.97 Å². The number of hydrogen-bond acceptors (Lipinski definition) is 3. The minimum Gasteiger partial charge on any atom is -0.481 e. The smallest absolute Gasteiger partial charge is 0.303 e. The van der Waals surface area contributed by atoms with Crippen molar-refractivity contribution in [1.82, 2.24) is 0 Å². The maximum atomic E-state index is 10.6. The predicted octanol–water partition coefficient (Wildman–Crippen LogP) is 6.15. The van der Waals surface area contributed by atoms with Gasteiger partial charge in [-0.3, -0.25) is 14.9 Å². The SMILES string of the molecule is CCC(=CCC=CCC=CCC=CCC=CCC=CCCC(=O)O)[N+](=O)[O-]. The molecule has 0 aliphatic heterocycles. The van der Waals surface area contributed by atoms with Crippen LogP contribution in [-0.4, -0.2) is 16.0 Å². The van der Waals surface area contributed by atoms with Gasteiger partial charge in [-0.2, -0.15) is 0 Å².